The van der Waals surface area contributed by atoms with Gasteiger partial charge in [0, 0.05) is 30.0 Å². The minimum atomic E-state index is 0.605. The molecule has 1 aromatic rings. The zero-order valence-corrected chi connectivity index (χ0v) is 11.9. The van der Waals surface area contributed by atoms with Gasteiger partial charge in [0.15, 0.2) is 0 Å². The van der Waals surface area contributed by atoms with Gasteiger partial charge in [-0.15, -0.1) is 0 Å². The van der Waals surface area contributed by atoms with Crippen molar-refractivity contribution in [1.82, 2.24) is 4.90 Å². The number of nitrogens with zero attached hydrogens (tertiary/aromatic N) is 2. The molecule has 1 aliphatic rings. The average Bonchev–Trinajstić information content (AvgIpc) is 3.18. The lowest BCUT2D eigenvalue weighted by molar-refractivity contribution is 0.204. The van der Waals surface area contributed by atoms with Crippen LogP contribution < -0.4 is 4.74 Å². The first kappa shape index (κ1) is 13.4. The quantitative estimate of drug-likeness (QED) is 0.776. The number of hydrogen-bond donors (Lipinski definition) is 0. The van der Waals surface area contributed by atoms with Crippen molar-refractivity contribution < 1.29 is 4.74 Å². The molecule has 0 bridgehead atoms. The monoisotopic (exact) mass is 308 g/mol. The smallest absolute Gasteiger partial charge is 0.120 e. The Morgan fingerprint density at radius 2 is 2.22 bits per heavy atom. The van der Waals surface area contributed by atoms with Crippen LogP contribution in [0.2, 0.25) is 0 Å². The lowest BCUT2D eigenvalue weighted by Gasteiger charge is -2.20. The van der Waals surface area contributed by atoms with Crippen molar-refractivity contribution in [2.75, 3.05) is 19.7 Å². The maximum Gasteiger partial charge on any atom is 0.120 e. The Bertz CT molecular complexity index is 426. The van der Waals surface area contributed by atoms with Gasteiger partial charge >= 0.3 is 0 Å². The summed E-state index contributed by atoms with van der Waals surface area (Å²) in [6, 6.07) is 10.8. The van der Waals surface area contributed by atoms with Gasteiger partial charge in [-0.2, -0.15) is 5.26 Å². The number of benzene rings is 1. The highest BCUT2D eigenvalue weighted by atomic mass is 79.9. The van der Waals surface area contributed by atoms with E-state index in [4.69, 9.17) is 10.00 Å². The molecule has 0 saturated heterocycles. The summed E-state index contributed by atoms with van der Waals surface area (Å²) in [4.78, 5) is 2.36. The van der Waals surface area contributed by atoms with E-state index in [9.17, 15) is 0 Å². The zero-order chi connectivity index (χ0) is 12.8. The van der Waals surface area contributed by atoms with E-state index in [-0.39, 0.29) is 0 Å². The van der Waals surface area contributed by atoms with E-state index in [1.807, 2.05) is 24.3 Å². The molecule has 0 heterocycles. The van der Waals surface area contributed by atoms with Gasteiger partial charge in [-0.3, -0.25) is 4.90 Å². The number of nitriles is 1. The third-order valence-corrected chi connectivity index (χ3v) is 3.51. The van der Waals surface area contributed by atoms with Crippen LogP contribution >= 0.6 is 15.9 Å². The normalized spacial score (nSPS) is 14.5. The average molecular weight is 309 g/mol. The van der Waals surface area contributed by atoms with Crippen LogP contribution in [0, 0.1) is 11.3 Å². The summed E-state index contributed by atoms with van der Waals surface area (Å²) < 4.78 is 6.75. The first-order valence-electron chi connectivity index (χ1n) is 6.29. The second kappa shape index (κ2) is 6.77. The van der Waals surface area contributed by atoms with Gasteiger partial charge in [0.1, 0.15) is 12.4 Å². The lowest BCUT2D eigenvalue weighted by Crippen LogP contribution is -2.31. The van der Waals surface area contributed by atoms with E-state index >= 15 is 0 Å². The van der Waals surface area contributed by atoms with Crippen LogP contribution in [0.4, 0.5) is 0 Å². The molecular formula is C14H17BrN2O. The van der Waals surface area contributed by atoms with Crippen LogP contribution in [-0.4, -0.2) is 30.6 Å². The standard InChI is InChI=1S/C14H17BrN2O/c15-12-3-1-4-14(11-12)18-10-9-17(8-2-7-16)13-5-6-13/h1,3-4,11,13H,2,5-6,8-10H2. The van der Waals surface area contributed by atoms with Crippen molar-refractivity contribution in [1.29, 1.82) is 5.26 Å². The first-order chi connectivity index (χ1) is 8.79. The van der Waals surface area contributed by atoms with E-state index in [0.29, 0.717) is 19.1 Å². The summed E-state index contributed by atoms with van der Waals surface area (Å²) in [6.07, 6.45) is 3.14. The zero-order valence-electron chi connectivity index (χ0n) is 10.3. The highest BCUT2D eigenvalue weighted by molar-refractivity contribution is 9.10. The Balaban J connectivity index is 1.74. The van der Waals surface area contributed by atoms with E-state index in [0.717, 1.165) is 23.3 Å². The van der Waals surface area contributed by atoms with E-state index in [2.05, 4.69) is 26.9 Å². The van der Waals surface area contributed by atoms with Crippen LogP contribution in [0.15, 0.2) is 28.7 Å². The fourth-order valence-corrected chi connectivity index (χ4v) is 2.33. The third-order valence-electron chi connectivity index (χ3n) is 3.02. The van der Waals surface area contributed by atoms with Crippen molar-refractivity contribution in [3.63, 3.8) is 0 Å². The van der Waals surface area contributed by atoms with Crippen LogP contribution in [-0.2, 0) is 0 Å². The topological polar surface area (TPSA) is 36.3 Å². The van der Waals surface area contributed by atoms with Crippen LogP contribution in [0.3, 0.4) is 0 Å². The predicted molar refractivity (Wildman–Crippen MR) is 74.5 cm³/mol. The van der Waals surface area contributed by atoms with Crippen LogP contribution in [0.5, 0.6) is 5.75 Å². The summed E-state index contributed by atoms with van der Waals surface area (Å²) in [5.41, 5.74) is 0. The number of rotatable bonds is 7. The van der Waals surface area contributed by atoms with E-state index in [1.54, 1.807) is 0 Å². The summed E-state index contributed by atoms with van der Waals surface area (Å²) in [5.74, 6) is 0.889. The fourth-order valence-electron chi connectivity index (χ4n) is 1.95. The second-order valence-electron chi connectivity index (χ2n) is 4.48. The van der Waals surface area contributed by atoms with Gasteiger partial charge in [-0.25, -0.2) is 0 Å². The van der Waals surface area contributed by atoms with Gasteiger partial charge in [-0.1, -0.05) is 22.0 Å². The first-order valence-corrected chi connectivity index (χ1v) is 7.08. The number of ether oxygens (including phenoxy) is 1. The summed E-state index contributed by atoms with van der Waals surface area (Å²) in [5, 5.41) is 8.64. The molecule has 0 radical (unpaired) electrons. The highest BCUT2D eigenvalue weighted by Gasteiger charge is 2.28. The Kier molecular flexibility index (Phi) is 5.03. The summed E-state index contributed by atoms with van der Waals surface area (Å²) in [7, 11) is 0. The Morgan fingerprint density at radius 3 is 2.89 bits per heavy atom. The van der Waals surface area contributed by atoms with Gasteiger partial charge in [0.05, 0.1) is 6.07 Å². The van der Waals surface area contributed by atoms with E-state index < -0.39 is 0 Å². The van der Waals surface area contributed by atoms with Crippen LogP contribution in [0.1, 0.15) is 19.3 Å². The predicted octanol–water partition coefficient (Wildman–Crippen LogP) is 3.21. The van der Waals surface area contributed by atoms with Gasteiger partial charge in [0.2, 0.25) is 0 Å². The molecule has 4 heteroatoms. The van der Waals surface area contributed by atoms with Crippen molar-refractivity contribution >= 4 is 15.9 Å². The molecule has 0 spiro atoms. The molecule has 1 aliphatic carbocycles. The molecule has 1 saturated carbocycles. The molecule has 2 rings (SSSR count). The molecule has 0 atom stereocenters. The molecule has 1 fully saturated rings. The molecule has 3 nitrogen and oxygen atoms in total. The Labute approximate surface area is 116 Å². The summed E-state index contributed by atoms with van der Waals surface area (Å²) >= 11 is 3.42. The van der Waals surface area contributed by atoms with Gasteiger partial charge in [0.25, 0.3) is 0 Å². The highest BCUT2D eigenvalue weighted by Crippen LogP contribution is 2.26. The fraction of sp³-hybridized carbons (Fsp3) is 0.500. The molecule has 0 amide bonds. The molecule has 18 heavy (non-hydrogen) atoms. The molecule has 0 N–H and O–H groups in total. The maximum atomic E-state index is 8.64. The molecule has 0 unspecified atom stereocenters. The largest absolute Gasteiger partial charge is 0.492 e. The number of halogens is 1. The molecule has 96 valence electrons. The van der Waals surface area contributed by atoms with E-state index in [1.165, 1.54) is 12.8 Å². The minimum absolute atomic E-state index is 0.605. The molecular weight excluding hydrogens is 292 g/mol. The maximum absolute atomic E-state index is 8.64. The number of hydrogen-bond acceptors (Lipinski definition) is 3. The molecule has 0 aliphatic heterocycles. The lowest BCUT2D eigenvalue weighted by atomic mass is 10.3. The second-order valence-corrected chi connectivity index (χ2v) is 5.40. The van der Waals surface area contributed by atoms with Crippen molar-refractivity contribution in [2.45, 2.75) is 25.3 Å². The SMILES string of the molecule is N#CCCN(CCOc1cccc(Br)c1)C1CC1. The van der Waals surface area contributed by atoms with Crippen LogP contribution in [0.25, 0.3) is 0 Å². The Hall–Kier alpha value is -1.05. The van der Waals surface area contributed by atoms with Gasteiger partial charge < -0.3 is 4.74 Å². The Morgan fingerprint density at radius 1 is 1.39 bits per heavy atom. The molecule has 0 aromatic heterocycles. The molecule has 1 aromatic carbocycles. The van der Waals surface area contributed by atoms with Crippen molar-refractivity contribution in [3.8, 4) is 11.8 Å². The third kappa shape index (κ3) is 4.32. The van der Waals surface area contributed by atoms with Crippen molar-refractivity contribution in [2.24, 2.45) is 0 Å². The summed E-state index contributed by atoms with van der Waals surface area (Å²) in [6.45, 7) is 2.44. The minimum Gasteiger partial charge on any atom is -0.492 e. The van der Waals surface area contributed by atoms with Gasteiger partial charge in [-0.05, 0) is 31.0 Å². The van der Waals surface area contributed by atoms with Crippen molar-refractivity contribution in [3.05, 3.63) is 28.7 Å².